The summed E-state index contributed by atoms with van der Waals surface area (Å²) in [6.07, 6.45) is -0.279. The fourth-order valence-corrected chi connectivity index (χ4v) is 7.69. The lowest BCUT2D eigenvalue weighted by Gasteiger charge is -2.12. The van der Waals surface area contributed by atoms with E-state index in [1.807, 2.05) is 66.7 Å². The number of hydrogen-bond donors (Lipinski definition) is 1. The maximum atomic E-state index is 6.70. The van der Waals surface area contributed by atoms with Crippen molar-refractivity contribution in [3.05, 3.63) is 175 Å². The Kier molecular flexibility index (Phi) is 6.82. The van der Waals surface area contributed by atoms with E-state index in [1.165, 1.54) is 5.56 Å². The van der Waals surface area contributed by atoms with Crippen LogP contribution in [0.1, 0.15) is 11.8 Å². The molecule has 1 N–H and O–H groups in total. The maximum absolute atomic E-state index is 6.70. The summed E-state index contributed by atoms with van der Waals surface area (Å²) in [5.41, 5.74) is 10.9. The topological polar surface area (TPSA) is 73.1 Å². The van der Waals surface area contributed by atoms with E-state index in [2.05, 4.69) is 108 Å². The predicted molar refractivity (Wildman–Crippen MR) is 216 cm³/mol. The Morgan fingerprint density at radius 3 is 1.54 bits per heavy atom. The van der Waals surface area contributed by atoms with Gasteiger partial charge >= 0.3 is 0 Å². The molecule has 11 rings (SSSR count). The van der Waals surface area contributed by atoms with Crippen molar-refractivity contribution in [1.29, 1.82) is 0 Å². The number of hydrogen-bond acceptors (Lipinski definition) is 6. The average molecular weight is 695 g/mol. The predicted octanol–water partition coefficient (Wildman–Crippen LogP) is 12.2. The number of benzene rings is 8. The molecular weight excluding hydrogens is 665 g/mol. The first-order valence-corrected chi connectivity index (χ1v) is 18.0. The fourth-order valence-electron chi connectivity index (χ4n) is 7.69. The molecule has 0 amide bonds. The number of nitrogens with one attached hydrogen (secondary N) is 1. The molecule has 0 bridgehead atoms. The van der Waals surface area contributed by atoms with Crippen molar-refractivity contribution in [2.24, 2.45) is 0 Å². The summed E-state index contributed by atoms with van der Waals surface area (Å²) < 4.78 is 13.2. The van der Waals surface area contributed by atoms with Gasteiger partial charge in [0.15, 0.2) is 29.5 Å². The maximum Gasteiger partial charge on any atom is 0.196 e. The third-order valence-corrected chi connectivity index (χ3v) is 10.3. The molecule has 54 heavy (non-hydrogen) atoms. The minimum atomic E-state index is -0.279. The molecule has 6 nitrogen and oxygen atoms in total. The van der Waals surface area contributed by atoms with Crippen molar-refractivity contribution in [1.82, 2.24) is 15.0 Å². The monoisotopic (exact) mass is 694 g/mol. The summed E-state index contributed by atoms with van der Waals surface area (Å²) >= 11 is 0. The van der Waals surface area contributed by atoms with Crippen molar-refractivity contribution in [3.8, 4) is 62.2 Å². The average Bonchev–Trinajstić information content (AvgIpc) is 3.88. The summed E-state index contributed by atoms with van der Waals surface area (Å²) in [5, 5.41) is 7.99. The Morgan fingerprint density at radius 2 is 0.907 bits per heavy atom. The molecule has 0 radical (unpaired) electrons. The Morgan fingerprint density at radius 1 is 0.407 bits per heavy atom. The summed E-state index contributed by atoms with van der Waals surface area (Å²) in [6.45, 7) is 0. The molecule has 0 aliphatic carbocycles. The highest BCUT2D eigenvalue weighted by atomic mass is 16.5. The van der Waals surface area contributed by atoms with Crippen LogP contribution in [0, 0.1) is 0 Å². The highest BCUT2D eigenvalue weighted by molar-refractivity contribution is 6.28. The molecule has 1 aliphatic rings. The van der Waals surface area contributed by atoms with E-state index in [0.29, 0.717) is 17.5 Å². The minimum Gasteiger partial charge on any atom is -0.464 e. The third-order valence-electron chi connectivity index (χ3n) is 10.3. The lowest BCUT2D eigenvalue weighted by molar-refractivity contribution is 0.262. The lowest BCUT2D eigenvalue weighted by atomic mass is 9.95. The first-order chi connectivity index (χ1) is 26.7. The first kappa shape index (κ1) is 30.3. The molecule has 1 atom stereocenters. The number of nitrogens with zero attached hydrogens (tertiary/aromatic N) is 3. The van der Waals surface area contributed by atoms with Crippen LogP contribution in [0.5, 0.6) is 5.75 Å². The molecule has 0 saturated heterocycles. The van der Waals surface area contributed by atoms with E-state index >= 15 is 0 Å². The first-order valence-electron chi connectivity index (χ1n) is 18.0. The second kappa shape index (κ2) is 12.1. The number of furan rings is 1. The van der Waals surface area contributed by atoms with Gasteiger partial charge in [0.1, 0.15) is 11.2 Å². The number of aromatic nitrogens is 3. The van der Waals surface area contributed by atoms with Crippen LogP contribution in [-0.2, 0) is 0 Å². The molecule has 10 aromatic rings. The van der Waals surface area contributed by atoms with Gasteiger partial charge in [0.05, 0.1) is 5.69 Å². The van der Waals surface area contributed by atoms with Crippen molar-refractivity contribution < 1.29 is 9.15 Å². The van der Waals surface area contributed by atoms with Gasteiger partial charge in [-0.05, 0) is 40.5 Å². The van der Waals surface area contributed by atoms with Crippen LogP contribution >= 0.6 is 0 Å². The van der Waals surface area contributed by atoms with Crippen LogP contribution in [0.3, 0.4) is 0 Å². The van der Waals surface area contributed by atoms with E-state index in [1.54, 1.807) is 0 Å². The fraction of sp³-hybridized carbons (Fsp3) is 0.0208. The Hall–Kier alpha value is -7.31. The Labute approximate surface area is 310 Å². The van der Waals surface area contributed by atoms with Crippen LogP contribution < -0.4 is 10.1 Å². The second-order valence-electron chi connectivity index (χ2n) is 13.6. The summed E-state index contributed by atoms with van der Waals surface area (Å²) in [7, 11) is 0. The number of fused-ring (bicyclic) bond motifs is 3. The Bertz CT molecular complexity index is 2960. The van der Waals surface area contributed by atoms with Crippen LogP contribution in [0.25, 0.3) is 89.1 Å². The van der Waals surface area contributed by atoms with Gasteiger partial charge in [-0.1, -0.05) is 152 Å². The second-order valence-corrected chi connectivity index (χ2v) is 13.6. The molecule has 1 unspecified atom stereocenters. The van der Waals surface area contributed by atoms with Crippen molar-refractivity contribution in [3.63, 3.8) is 0 Å². The quantitative estimate of drug-likeness (QED) is 0.175. The third kappa shape index (κ3) is 4.99. The molecule has 1 aliphatic heterocycles. The van der Waals surface area contributed by atoms with E-state index < -0.39 is 0 Å². The lowest BCUT2D eigenvalue weighted by Crippen LogP contribution is -2.09. The van der Waals surface area contributed by atoms with Gasteiger partial charge in [0.2, 0.25) is 0 Å². The van der Waals surface area contributed by atoms with Crippen LogP contribution in [-0.4, -0.2) is 15.0 Å². The largest absolute Gasteiger partial charge is 0.464 e. The van der Waals surface area contributed by atoms with Gasteiger partial charge in [0.25, 0.3) is 0 Å². The zero-order valence-electron chi connectivity index (χ0n) is 28.9. The Balaban J connectivity index is 0.993. The molecule has 0 fully saturated rings. The summed E-state index contributed by atoms with van der Waals surface area (Å²) in [5.74, 6) is 2.71. The molecule has 0 saturated carbocycles. The van der Waals surface area contributed by atoms with Crippen LogP contribution in [0.4, 0.5) is 5.69 Å². The zero-order chi connectivity index (χ0) is 35.6. The van der Waals surface area contributed by atoms with Crippen molar-refractivity contribution in [2.75, 3.05) is 5.32 Å². The summed E-state index contributed by atoms with van der Waals surface area (Å²) in [4.78, 5) is 14.9. The van der Waals surface area contributed by atoms with E-state index in [-0.39, 0.29) is 6.23 Å². The normalized spacial score (nSPS) is 13.7. The molecule has 254 valence electrons. The van der Waals surface area contributed by atoms with Gasteiger partial charge in [-0.2, -0.15) is 0 Å². The van der Waals surface area contributed by atoms with Gasteiger partial charge in [-0.15, -0.1) is 0 Å². The zero-order valence-corrected chi connectivity index (χ0v) is 28.9. The number of rotatable bonds is 6. The molecule has 8 aromatic carbocycles. The van der Waals surface area contributed by atoms with Gasteiger partial charge in [-0.25, -0.2) is 15.0 Å². The molecule has 3 heterocycles. The van der Waals surface area contributed by atoms with Crippen LogP contribution in [0.15, 0.2) is 174 Å². The van der Waals surface area contributed by atoms with E-state index in [9.17, 15) is 0 Å². The molecule has 6 heteroatoms. The van der Waals surface area contributed by atoms with Gasteiger partial charge < -0.3 is 14.5 Å². The number of anilines is 1. The van der Waals surface area contributed by atoms with E-state index in [0.717, 1.165) is 83.1 Å². The molecule has 2 aromatic heterocycles. The molecular formula is C48H30N4O2. The van der Waals surface area contributed by atoms with Crippen molar-refractivity contribution in [2.45, 2.75) is 6.23 Å². The van der Waals surface area contributed by atoms with Crippen LogP contribution in [0.2, 0.25) is 0 Å². The van der Waals surface area contributed by atoms with Crippen molar-refractivity contribution >= 4 is 38.4 Å². The van der Waals surface area contributed by atoms with Gasteiger partial charge in [0, 0.05) is 43.8 Å². The highest BCUT2D eigenvalue weighted by Gasteiger charge is 2.31. The van der Waals surface area contributed by atoms with E-state index in [4.69, 9.17) is 24.1 Å². The summed E-state index contributed by atoms with van der Waals surface area (Å²) in [6, 6.07) is 58.1. The minimum absolute atomic E-state index is 0.279. The molecule has 0 spiro atoms. The smallest absolute Gasteiger partial charge is 0.196 e. The SMILES string of the molecule is c1ccc(-c2ccc(-c3nc(-c4ccccc4)nc(-c4ccc(-c5cc6oc7cccc8c9c(c(c5)c6c78)OC(c5ccccc5)N9)cc4)n3)cc2)cc1. The highest BCUT2D eigenvalue weighted by Crippen LogP contribution is 2.52. The standard InChI is InChI=1S/C48H30N4O2/c1-4-11-29(12-5-1)30-19-23-33(24-20-30)46-50-45(32-13-6-2-7-14-32)51-47(52-46)34-25-21-31(22-26-34)36-27-38-42-40(28-36)53-39-18-10-17-37(41(39)42)43-44(38)54-48(49-43)35-15-8-3-9-16-35/h1-28,48-49H. The van der Waals surface area contributed by atoms with Gasteiger partial charge in [-0.3, -0.25) is 0 Å². The number of ether oxygens (including phenoxy) is 1.